The molecular weight excluding hydrogens is 271 g/mol. The van der Waals surface area contributed by atoms with Gasteiger partial charge in [0.1, 0.15) is 0 Å². The molecule has 1 amide bonds. The van der Waals surface area contributed by atoms with Gasteiger partial charge in [-0.15, -0.1) is 0 Å². The van der Waals surface area contributed by atoms with E-state index in [9.17, 15) is 9.59 Å². The van der Waals surface area contributed by atoms with E-state index in [1.807, 2.05) is 27.7 Å². The van der Waals surface area contributed by atoms with Crippen LogP contribution in [0.2, 0.25) is 0 Å². The summed E-state index contributed by atoms with van der Waals surface area (Å²) in [7, 11) is 0.764. The van der Waals surface area contributed by atoms with Crippen molar-refractivity contribution in [2.24, 2.45) is 0 Å². The summed E-state index contributed by atoms with van der Waals surface area (Å²) in [6, 6.07) is 0. The van der Waals surface area contributed by atoms with Gasteiger partial charge in [0.25, 0.3) is 5.91 Å². The molecule has 7 heteroatoms. The number of nitrogens with zero attached hydrogens (tertiary/aromatic N) is 1. The van der Waals surface area contributed by atoms with Crippen molar-refractivity contribution in [3.05, 3.63) is 23.5 Å². The highest BCUT2D eigenvalue weighted by Crippen LogP contribution is 2.36. The number of nitrogens with one attached hydrogen (secondary N) is 1. The van der Waals surface area contributed by atoms with Crippen molar-refractivity contribution in [3.63, 3.8) is 0 Å². The largest absolute Gasteiger partial charge is 0.497 e. The third kappa shape index (κ3) is 2.58. The Labute approximate surface area is 124 Å². The molecule has 0 radical (unpaired) electrons. The Morgan fingerprint density at radius 2 is 1.81 bits per heavy atom. The summed E-state index contributed by atoms with van der Waals surface area (Å²) in [4.78, 5) is 27.3. The SMILES string of the molecule is CNC(=O)c1c(C=O)cncc1B1OC(C)(C)C(C)(C)O1. The van der Waals surface area contributed by atoms with Crippen LogP contribution in [-0.2, 0) is 9.31 Å². The summed E-state index contributed by atoms with van der Waals surface area (Å²) >= 11 is 0. The van der Waals surface area contributed by atoms with Crippen LogP contribution >= 0.6 is 0 Å². The van der Waals surface area contributed by atoms with Crippen LogP contribution in [0.1, 0.15) is 48.4 Å². The van der Waals surface area contributed by atoms with E-state index < -0.39 is 18.3 Å². The van der Waals surface area contributed by atoms with Gasteiger partial charge in [0.2, 0.25) is 0 Å². The first-order valence-corrected chi connectivity index (χ1v) is 6.74. The number of hydrogen-bond donors (Lipinski definition) is 1. The number of rotatable bonds is 3. The molecule has 1 aromatic rings. The van der Waals surface area contributed by atoms with E-state index in [1.54, 1.807) is 0 Å². The number of aromatic nitrogens is 1. The number of carbonyl (C=O) groups is 2. The molecule has 0 atom stereocenters. The van der Waals surface area contributed by atoms with Crippen molar-refractivity contribution < 1.29 is 18.9 Å². The normalized spacial score (nSPS) is 19.4. The Bertz CT molecular complexity index is 570. The summed E-state index contributed by atoms with van der Waals surface area (Å²) in [5.41, 5.74) is -0.163. The van der Waals surface area contributed by atoms with E-state index in [2.05, 4.69) is 10.3 Å². The molecule has 0 bridgehead atoms. The lowest BCUT2D eigenvalue weighted by Crippen LogP contribution is -2.41. The molecule has 112 valence electrons. The molecule has 2 rings (SSSR count). The molecule has 1 aliphatic rings. The maximum atomic E-state index is 12.1. The van der Waals surface area contributed by atoms with Crippen LogP contribution in [-0.4, -0.2) is 42.5 Å². The molecule has 1 fully saturated rings. The minimum absolute atomic E-state index is 0.210. The fraction of sp³-hybridized carbons (Fsp3) is 0.500. The highest BCUT2D eigenvalue weighted by Gasteiger charge is 2.52. The first-order chi connectivity index (χ1) is 9.73. The van der Waals surface area contributed by atoms with Crippen LogP contribution in [0.4, 0.5) is 0 Å². The lowest BCUT2D eigenvalue weighted by molar-refractivity contribution is 0.00578. The van der Waals surface area contributed by atoms with Crippen molar-refractivity contribution in [2.45, 2.75) is 38.9 Å². The average molecular weight is 290 g/mol. The van der Waals surface area contributed by atoms with Crippen molar-refractivity contribution in [1.29, 1.82) is 0 Å². The van der Waals surface area contributed by atoms with E-state index in [4.69, 9.17) is 9.31 Å². The van der Waals surface area contributed by atoms with Crippen LogP contribution < -0.4 is 10.8 Å². The van der Waals surface area contributed by atoms with Crippen LogP contribution in [0.25, 0.3) is 0 Å². The molecule has 0 saturated carbocycles. The predicted molar refractivity (Wildman–Crippen MR) is 78.7 cm³/mol. The van der Waals surface area contributed by atoms with Crippen LogP contribution in [0, 0.1) is 0 Å². The zero-order valence-electron chi connectivity index (χ0n) is 12.9. The minimum Gasteiger partial charge on any atom is -0.399 e. The Kier molecular flexibility index (Phi) is 3.90. The van der Waals surface area contributed by atoms with Gasteiger partial charge in [-0.05, 0) is 27.7 Å². The van der Waals surface area contributed by atoms with Gasteiger partial charge in [0.15, 0.2) is 6.29 Å². The fourth-order valence-corrected chi connectivity index (χ4v) is 2.12. The summed E-state index contributed by atoms with van der Waals surface area (Å²) in [5.74, 6) is -0.371. The second-order valence-electron chi connectivity index (χ2n) is 5.98. The minimum atomic E-state index is -0.741. The lowest BCUT2D eigenvalue weighted by Gasteiger charge is -2.32. The number of pyridine rings is 1. The topological polar surface area (TPSA) is 77.5 Å². The number of hydrogen-bond acceptors (Lipinski definition) is 5. The first-order valence-electron chi connectivity index (χ1n) is 6.74. The van der Waals surface area contributed by atoms with Crippen molar-refractivity contribution >= 4 is 24.8 Å². The third-order valence-electron chi connectivity index (χ3n) is 4.09. The summed E-state index contributed by atoms with van der Waals surface area (Å²) in [6.07, 6.45) is 3.46. The molecule has 1 aliphatic heterocycles. The molecule has 0 aromatic carbocycles. The van der Waals surface area contributed by atoms with Gasteiger partial charge in [-0.1, -0.05) is 0 Å². The van der Waals surface area contributed by atoms with Crippen LogP contribution in [0.3, 0.4) is 0 Å². The molecule has 0 unspecified atom stereocenters. The van der Waals surface area contributed by atoms with E-state index in [0.29, 0.717) is 11.7 Å². The lowest BCUT2D eigenvalue weighted by atomic mass is 9.76. The molecule has 1 saturated heterocycles. The Morgan fingerprint density at radius 3 is 2.29 bits per heavy atom. The van der Waals surface area contributed by atoms with Gasteiger partial charge in [0.05, 0.1) is 16.8 Å². The summed E-state index contributed by atoms with van der Waals surface area (Å²) in [6.45, 7) is 7.68. The van der Waals surface area contributed by atoms with Crippen LogP contribution in [0.15, 0.2) is 12.4 Å². The Balaban J connectivity index is 2.51. The standard InChI is InChI=1S/C14H19BN2O4/c1-13(2)14(3,4)21-15(20-13)10-7-17-6-9(8-18)11(10)12(19)16-5/h6-8H,1-5H3,(H,16,19). The van der Waals surface area contributed by atoms with E-state index in [1.165, 1.54) is 19.4 Å². The number of carbonyl (C=O) groups excluding carboxylic acids is 2. The summed E-state index contributed by atoms with van der Waals surface area (Å²) < 4.78 is 11.9. The quantitative estimate of drug-likeness (QED) is 0.650. The van der Waals surface area contributed by atoms with Crippen LogP contribution in [0.5, 0.6) is 0 Å². The molecule has 1 N–H and O–H groups in total. The van der Waals surface area contributed by atoms with Crippen molar-refractivity contribution in [3.8, 4) is 0 Å². The van der Waals surface area contributed by atoms with Gasteiger partial charge in [-0.2, -0.15) is 0 Å². The highest BCUT2D eigenvalue weighted by atomic mass is 16.7. The maximum absolute atomic E-state index is 12.1. The van der Waals surface area contributed by atoms with E-state index in [0.717, 1.165) is 0 Å². The van der Waals surface area contributed by atoms with Crippen molar-refractivity contribution in [2.75, 3.05) is 7.05 Å². The molecular formula is C14H19BN2O4. The van der Waals surface area contributed by atoms with E-state index in [-0.39, 0.29) is 17.0 Å². The fourth-order valence-electron chi connectivity index (χ4n) is 2.12. The van der Waals surface area contributed by atoms with Gasteiger partial charge >= 0.3 is 7.12 Å². The Hall–Kier alpha value is -1.73. The molecule has 0 spiro atoms. The molecule has 1 aromatic heterocycles. The van der Waals surface area contributed by atoms with E-state index >= 15 is 0 Å². The van der Waals surface area contributed by atoms with Gasteiger partial charge in [-0.3, -0.25) is 14.6 Å². The number of amides is 1. The predicted octanol–water partition coefficient (Wildman–Crippen LogP) is 0.553. The van der Waals surface area contributed by atoms with Gasteiger partial charge < -0.3 is 14.6 Å². The zero-order valence-corrected chi connectivity index (χ0v) is 12.9. The zero-order chi connectivity index (χ0) is 15.8. The molecule has 6 nitrogen and oxygen atoms in total. The molecule has 21 heavy (non-hydrogen) atoms. The Morgan fingerprint density at radius 1 is 1.24 bits per heavy atom. The van der Waals surface area contributed by atoms with Crippen molar-refractivity contribution in [1.82, 2.24) is 10.3 Å². The average Bonchev–Trinajstić information content (AvgIpc) is 2.65. The summed E-state index contributed by atoms with van der Waals surface area (Å²) in [5, 5.41) is 2.52. The second-order valence-corrected chi connectivity index (χ2v) is 5.98. The number of aldehydes is 1. The maximum Gasteiger partial charge on any atom is 0.497 e. The second kappa shape index (κ2) is 5.24. The molecule has 2 heterocycles. The van der Waals surface area contributed by atoms with Gasteiger partial charge in [0, 0.05) is 30.5 Å². The monoisotopic (exact) mass is 290 g/mol. The molecule has 0 aliphatic carbocycles. The first kappa shape index (κ1) is 15.7. The smallest absolute Gasteiger partial charge is 0.399 e. The third-order valence-corrected chi connectivity index (χ3v) is 4.09. The van der Waals surface area contributed by atoms with Gasteiger partial charge in [-0.25, -0.2) is 0 Å². The highest BCUT2D eigenvalue weighted by molar-refractivity contribution is 6.63.